The van der Waals surface area contributed by atoms with Gasteiger partial charge < -0.3 is 56.8 Å². The maximum atomic E-state index is 13.6. The summed E-state index contributed by atoms with van der Waals surface area (Å²) in [4.78, 5) is 75.5. The summed E-state index contributed by atoms with van der Waals surface area (Å²) in [5.41, 5.74) is 0. The number of hydrogen-bond donors (Lipinski definition) is 0. The predicted octanol–water partition coefficient (Wildman–Crippen LogP) is 9.72. The number of benzene rings is 3. The molecular weight excluding hydrogens is 997 g/mol. The van der Waals surface area contributed by atoms with E-state index in [1.54, 1.807) is 55.6 Å². The predicted molar refractivity (Wildman–Crippen MR) is 282 cm³/mol. The number of esters is 6. The second-order valence-corrected chi connectivity index (χ2v) is 18.7. The standard InChI is InChI=1S/C59H76O18/c1-4-54(60)72-34-12-8-6-10-32-69-47-22-26-49(27-23-47)74-56(62)43-14-16-45(17-15-43)58(64)76-51-30-31-52(53(42-51)71-41-40-68-39-38-67-37-36-66-3)77-59(65)46-20-18-44(19-21-46)57(63)75-50-28-24-48(25-29-50)70-33-11-7-9-13-35-73-55(61)5-2/h4-5,22-31,42-46H,1-2,6-21,32-41H2,3H3. The van der Waals surface area contributed by atoms with Crippen LogP contribution in [-0.2, 0) is 52.5 Å². The Bertz CT molecular complexity index is 2280. The largest absolute Gasteiger partial charge is 0.494 e. The van der Waals surface area contributed by atoms with E-state index in [2.05, 4.69) is 13.2 Å². The van der Waals surface area contributed by atoms with Gasteiger partial charge in [-0.15, -0.1) is 0 Å². The van der Waals surface area contributed by atoms with Gasteiger partial charge in [0.2, 0.25) is 0 Å². The first-order valence-electron chi connectivity index (χ1n) is 26.9. The summed E-state index contributed by atoms with van der Waals surface area (Å²) in [7, 11) is 1.60. The highest BCUT2D eigenvalue weighted by atomic mass is 16.6. The molecule has 18 nitrogen and oxygen atoms in total. The Labute approximate surface area is 451 Å². The van der Waals surface area contributed by atoms with Crippen LogP contribution in [0.3, 0.4) is 0 Å². The molecule has 0 unspecified atom stereocenters. The SMILES string of the molecule is C=CC(=O)OCCCCCCOc1ccc(OC(=O)C2CCC(C(=O)Oc3ccc(OC(=O)C4CCC(C(=O)Oc5ccc(OCCCCCCOC(=O)C=C)cc5)CC4)c(OCCOCCOCCOC)c3)CC2)cc1. The van der Waals surface area contributed by atoms with Gasteiger partial charge in [-0.1, -0.05) is 13.2 Å². The van der Waals surface area contributed by atoms with E-state index in [1.807, 2.05) is 0 Å². The summed E-state index contributed by atoms with van der Waals surface area (Å²) >= 11 is 0. The van der Waals surface area contributed by atoms with Crippen molar-refractivity contribution in [1.29, 1.82) is 0 Å². The number of carbonyl (C=O) groups is 6. The van der Waals surface area contributed by atoms with Crippen LogP contribution in [0.4, 0.5) is 0 Å². The van der Waals surface area contributed by atoms with Crippen molar-refractivity contribution >= 4 is 35.8 Å². The maximum Gasteiger partial charge on any atom is 0.330 e. The molecule has 0 aromatic heterocycles. The molecule has 2 aliphatic rings. The number of methoxy groups -OCH3 is 1. The molecule has 18 heteroatoms. The van der Waals surface area contributed by atoms with Gasteiger partial charge in [0.1, 0.15) is 35.4 Å². The minimum absolute atomic E-state index is 0.0978. The number of unbranched alkanes of at least 4 members (excludes halogenated alkanes) is 6. The lowest BCUT2D eigenvalue weighted by molar-refractivity contribution is -0.145. The zero-order chi connectivity index (χ0) is 54.9. The van der Waals surface area contributed by atoms with Crippen LogP contribution in [0.5, 0.6) is 40.2 Å². The number of rotatable bonds is 36. The smallest absolute Gasteiger partial charge is 0.330 e. The highest BCUT2D eigenvalue weighted by Crippen LogP contribution is 2.37. The number of ether oxygens (including phenoxy) is 12. The topological polar surface area (TPSA) is 213 Å². The normalized spacial score (nSPS) is 16.9. The van der Waals surface area contributed by atoms with Crippen LogP contribution in [0.15, 0.2) is 92.0 Å². The Morgan fingerprint density at radius 2 is 0.740 bits per heavy atom. The molecule has 0 spiro atoms. The average Bonchev–Trinajstić information content (AvgIpc) is 3.45. The fourth-order valence-electron chi connectivity index (χ4n) is 8.51. The first kappa shape index (κ1) is 61.1. The molecule has 0 heterocycles. The van der Waals surface area contributed by atoms with Crippen molar-refractivity contribution in [3.05, 3.63) is 92.0 Å². The van der Waals surface area contributed by atoms with Crippen molar-refractivity contribution in [3.8, 4) is 40.2 Å². The summed E-state index contributed by atoms with van der Waals surface area (Å²) in [6.07, 6.45) is 12.7. The highest BCUT2D eigenvalue weighted by Gasteiger charge is 2.34. The fourth-order valence-corrected chi connectivity index (χ4v) is 8.51. The average molecular weight is 1070 g/mol. The lowest BCUT2D eigenvalue weighted by Crippen LogP contribution is -2.30. The van der Waals surface area contributed by atoms with E-state index in [-0.39, 0.29) is 54.2 Å². The summed E-state index contributed by atoms with van der Waals surface area (Å²) in [5.74, 6) is -1.48. The highest BCUT2D eigenvalue weighted by molar-refractivity contribution is 5.82. The van der Waals surface area contributed by atoms with Crippen molar-refractivity contribution in [3.63, 3.8) is 0 Å². The van der Waals surface area contributed by atoms with Crippen molar-refractivity contribution < 1.29 is 85.6 Å². The molecule has 420 valence electrons. The monoisotopic (exact) mass is 1070 g/mol. The van der Waals surface area contributed by atoms with Crippen LogP contribution in [0, 0.1) is 23.7 Å². The van der Waals surface area contributed by atoms with Gasteiger partial charge in [-0.2, -0.15) is 0 Å². The molecule has 2 aliphatic carbocycles. The van der Waals surface area contributed by atoms with E-state index < -0.39 is 35.7 Å². The summed E-state index contributed by atoms with van der Waals surface area (Å²) in [5, 5.41) is 0. The third-order valence-corrected chi connectivity index (χ3v) is 12.9. The number of hydrogen-bond acceptors (Lipinski definition) is 18. The second kappa shape index (κ2) is 35.5. The molecule has 0 saturated heterocycles. The van der Waals surface area contributed by atoms with Gasteiger partial charge in [0.15, 0.2) is 11.5 Å². The van der Waals surface area contributed by atoms with Gasteiger partial charge in [0, 0.05) is 25.3 Å². The van der Waals surface area contributed by atoms with Gasteiger partial charge in [-0.05, 0) is 163 Å². The van der Waals surface area contributed by atoms with E-state index in [0.29, 0.717) is 127 Å². The molecule has 0 N–H and O–H groups in total. The maximum absolute atomic E-state index is 13.6. The third-order valence-electron chi connectivity index (χ3n) is 12.9. The van der Waals surface area contributed by atoms with Crippen molar-refractivity contribution in [2.24, 2.45) is 23.7 Å². The van der Waals surface area contributed by atoms with Crippen molar-refractivity contribution in [1.82, 2.24) is 0 Å². The van der Waals surface area contributed by atoms with Gasteiger partial charge in [0.25, 0.3) is 0 Å². The molecule has 5 rings (SSSR count). The second-order valence-electron chi connectivity index (χ2n) is 18.7. The lowest BCUT2D eigenvalue weighted by Gasteiger charge is -2.26. The Hall–Kier alpha value is -6.76. The molecule has 0 radical (unpaired) electrons. The fraction of sp³-hybridized carbons (Fsp3) is 0.525. The quantitative estimate of drug-likeness (QED) is 0.0229. The molecule has 0 bridgehead atoms. The zero-order valence-corrected chi connectivity index (χ0v) is 44.5. The van der Waals surface area contributed by atoms with Crippen LogP contribution in [-0.4, -0.2) is 109 Å². The third kappa shape index (κ3) is 23.6. The Balaban J connectivity index is 1.03. The Morgan fingerprint density at radius 1 is 0.390 bits per heavy atom. The summed E-state index contributed by atoms with van der Waals surface area (Å²) in [6.45, 7) is 10.5. The van der Waals surface area contributed by atoms with E-state index in [4.69, 9.17) is 56.8 Å². The van der Waals surface area contributed by atoms with Crippen LogP contribution >= 0.6 is 0 Å². The molecule has 77 heavy (non-hydrogen) atoms. The molecule has 0 atom stereocenters. The van der Waals surface area contributed by atoms with Gasteiger partial charge >= 0.3 is 35.8 Å². The van der Waals surface area contributed by atoms with Crippen LogP contribution in [0.25, 0.3) is 0 Å². The van der Waals surface area contributed by atoms with Crippen LogP contribution < -0.4 is 33.2 Å². The Morgan fingerprint density at radius 3 is 1.16 bits per heavy atom. The Kier molecular flexibility index (Phi) is 28.2. The van der Waals surface area contributed by atoms with E-state index in [0.717, 1.165) is 63.5 Å². The first-order valence-corrected chi connectivity index (χ1v) is 26.9. The minimum atomic E-state index is -0.469. The van der Waals surface area contributed by atoms with Gasteiger partial charge in [-0.25, -0.2) is 9.59 Å². The molecule has 2 saturated carbocycles. The zero-order valence-electron chi connectivity index (χ0n) is 44.5. The molecular formula is C59H76O18. The van der Waals surface area contributed by atoms with Crippen LogP contribution in [0.2, 0.25) is 0 Å². The van der Waals surface area contributed by atoms with Gasteiger partial charge in [0.05, 0.1) is 83.1 Å². The lowest BCUT2D eigenvalue weighted by atomic mass is 9.82. The molecule has 0 amide bonds. The summed E-state index contributed by atoms with van der Waals surface area (Å²) < 4.78 is 66.8. The van der Waals surface area contributed by atoms with E-state index >= 15 is 0 Å². The minimum Gasteiger partial charge on any atom is -0.494 e. The van der Waals surface area contributed by atoms with Gasteiger partial charge in [-0.3, -0.25) is 19.2 Å². The molecule has 3 aromatic rings. The molecule has 0 aliphatic heterocycles. The van der Waals surface area contributed by atoms with Crippen molar-refractivity contribution in [2.75, 3.05) is 73.2 Å². The van der Waals surface area contributed by atoms with E-state index in [9.17, 15) is 28.8 Å². The van der Waals surface area contributed by atoms with Crippen LogP contribution in [0.1, 0.15) is 103 Å². The summed E-state index contributed by atoms with van der Waals surface area (Å²) in [6, 6.07) is 18.3. The van der Waals surface area contributed by atoms with E-state index in [1.165, 1.54) is 18.2 Å². The molecule has 3 aromatic carbocycles. The molecule has 2 fully saturated rings. The first-order chi connectivity index (χ1) is 37.5. The van der Waals surface area contributed by atoms with Crippen molar-refractivity contribution in [2.45, 2.75) is 103 Å². The number of carbonyl (C=O) groups excluding carboxylic acids is 6.